The molecule has 0 aliphatic rings. The minimum atomic E-state index is -0.117. The summed E-state index contributed by atoms with van der Waals surface area (Å²) in [6, 6.07) is 0. The second kappa shape index (κ2) is 14.4. The number of unbranched alkanes of at least 4 members (excludes halogenated alkanes) is 8. The summed E-state index contributed by atoms with van der Waals surface area (Å²) in [7, 11) is 0. The molecule has 0 saturated carbocycles. The molecule has 0 aromatic heterocycles. The molecule has 0 radical (unpaired) electrons. The molecule has 24 heavy (non-hydrogen) atoms. The Balaban J connectivity index is 3.51. The van der Waals surface area contributed by atoms with E-state index in [4.69, 9.17) is 4.74 Å². The number of carbonyl (C=O) groups is 1. The van der Waals surface area contributed by atoms with E-state index in [9.17, 15) is 4.79 Å². The van der Waals surface area contributed by atoms with E-state index in [1.54, 1.807) is 0 Å². The lowest BCUT2D eigenvalue weighted by Crippen LogP contribution is -2.15. The van der Waals surface area contributed by atoms with E-state index in [0.29, 0.717) is 12.3 Å². The fourth-order valence-corrected chi connectivity index (χ4v) is 3.06. The molecule has 0 fully saturated rings. The van der Waals surface area contributed by atoms with Crippen LogP contribution in [0.5, 0.6) is 0 Å². The minimum absolute atomic E-state index is 0.117. The van der Waals surface area contributed by atoms with Gasteiger partial charge in [-0.15, -0.1) is 0 Å². The summed E-state index contributed by atoms with van der Waals surface area (Å²) in [4.78, 5) is 11.7. The van der Waals surface area contributed by atoms with Crippen molar-refractivity contribution in [2.75, 3.05) is 6.61 Å². The minimum Gasteiger partial charge on any atom is -0.452 e. The maximum atomic E-state index is 11.7. The highest BCUT2D eigenvalue weighted by Gasteiger charge is 2.18. The van der Waals surface area contributed by atoms with Crippen molar-refractivity contribution < 1.29 is 9.53 Å². The fraction of sp³-hybridized carbons (Fsp3) is 0.864. The van der Waals surface area contributed by atoms with E-state index in [0.717, 1.165) is 19.3 Å². The topological polar surface area (TPSA) is 26.3 Å². The predicted molar refractivity (Wildman–Crippen MR) is 104 cm³/mol. The molecule has 0 saturated heterocycles. The Morgan fingerprint density at radius 2 is 1.54 bits per heavy atom. The van der Waals surface area contributed by atoms with Crippen molar-refractivity contribution in [3.05, 3.63) is 0 Å². The summed E-state index contributed by atoms with van der Waals surface area (Å²) in [6.07, 6.45) is 13.0. The van der Waals surface area contributed by atoms with E-state index in [1.165, 1.54) is 44.9 Å². The summed E-state index contributed by atoms with van der Waals surface area (Å²) < 4.78 is 5.20. The maximum Gasteiger partial charge on any atom is 0.307 e. The summed E-state index contributed by atoms with van der Waals surface area (Å²) in [5.41, 5.74) is 0.259. The number of hydrogen-bond donors (Lipinski definition) is 0. The Kier molecular flexibility index (Phi) is 13.8. The standard InChI is InChI=1S/C22H40O2/c1-6-7-8-9-10-11-12-13-14-15-16-17-24-21(23)18-20(2)19-22(3,4)5/h20H,6-14,17-19H2,1-5H3. The molecule has 1 atom stereocenters. The second-order valence-corrected chi connectivity index (χ2v) is 8.31. The van der Waals surface area contributed by atoms with Crippen molar-refractivity contribution in [1.82, 2.24) is 0 Å². The van der Waals surface area contributed by atoms with Crippen molar-refractivity contribution >= 4 is 5.97 Å². The molecule has 0 aromatic carbocycles. The third kappa shape index (κ3) is 17.4. The lowest BCUT2D eigenvalue weighted by atomic mass is 9.84. The molecular weight excluding hydrogens is 296 g/mol. The largest absolute Gasteiger partial charge is 0.452 e. The van der Waals surface area contributed by atoms with Crippen molar-refractivity contribution in [2.45, 2.75) is 105 Å². The van der Waals surface area contributed by atoms with Crippen LogP contribution in [0.1, 0.15) is 105 Å². The monoisotopic (exact) mass is 336 g/mol. The van der Waals surface area contributed by atoms with Crippen molar-refractivity contribution in [3.8, 4) is 11.8 Å². The molecule has 0 spiro atoms. The van der Waals surface area contributed by atoms with Gasteiger partial charge in [-0.1, -0.05) is 91.4 Å². The zero-order valence-corrected chi connectivity index (χ0v) is 16.9. The van der Waals surface area contributed by atoms with Crippen LogP contribution in [0.4, 0.5) is 0 Å². The molecule has 0 aromatic rings. The SMILES string of the molecule is CCCCCCCCCCC#CCOC(=O)CC(C)CC(C)(C)C. The normalized spacial score (nSPS) is 12.4. The summed E-state index contributed by atoms with van der Waals surface area (Å²) in [5, 5.41) is 0. The van der Waals surface area contributed by atoms with Gasteiger partial charge in [0.2, 0.25) is 0 Å². The highest BCUT2D eigenvalue weighted by atomic mass is 16.5. The fourth-order valence-electron chi connectivity index (χ4n) is 3.06. The molecule has 140 valence electrons. The highest BCUT2D eigenvalue weighted by molar-refractivity contribution is 5.69. The molecule has 0 rings (SSSR count). The van der Waals surface area contributed by atoms with Gasteiger partial charge in [0.05, 0.1) is 0 Å². The van der Waals surface area contributed by atoms with Crippen LogP contribution in [0, 0.1) is 23.2 Å². The zero-order chi connectivity index (χ0) is 18.3. The Morgan fingerprint density at radius 3 is 2.12 bits per heavy atom. The summed E-state index contributed by atoms with van der Waals surface area (Å²) >= 11 is 0. The van der Waals surface area contributed by atoms with Gasteiger partial charge in [0.25, 0.3) is 0 Å². The number of carbonyl (C=O) groups excluding carboxylic acids is 1. The Hall–Kier alpha value is -0.970. The van der Waals surface area contributed by atoms with Crippen LogP contribution in [0.3, 0.4) is 0 Å². The second-order valence-electron chi connectivity index (χ2n) is 8.31. The van der Waals surface area contributed by atoms with Crippen LogP contribution in [-0.4, -0.2) is 12.6 Å². The molecule has 0 aliphatic heterocycles. The first-order valence-electron chi connectivity index (χ1n) is 9.96. The van der Waals surface area contributed by atoms with Gasteiger partial charge in [0.1, 0.15) is 0 Å². The van der Waals surface area contributed by atoms with Crippen LogP contribution in [-0.2, 0) is 9.53 Å². The van der Waals surface area contributed by atoms with Crippen molar-refractivity contribution in [3.63, 3.8) is 0 Å². The molecule has 0 aliphatic carbocycles. The Bertz CT molecular complexity index is 368. The average molecular weight is 337 g/mol. The predicted octanol–water partition coefficient (Wildman–Crippen LogP) is 6.53. The lowest BCUT2D eigenvalue weighted by molar-refractivity contribution is -0.143. The van der Waals surface area contributed by atoms with Gasteiger partial charge in [-0.25, -0.2) is 0 Å². The summed E-state index contributed by atoms with van der Waals surface area (Å²) in [5.74, 6) is 6.33. The lowest BCUT2D eigenvalue weighted by Gasteiger charge is -2.22. The Labute approximate surface area is 151 Å². The molecular formula is C22H40O2. The van der Waals surface area contributed by atoms with Gasteiger partial charge in [0, 0.05) is 12.8 Å². The Morgan fingerprint density at radius 1 is 0.958 bits per heavy atom. The molecule has 0 amide bonds. The number of ether oxygens (including phenoxy) is 1. The number of esters is 1. The molecule has 1 unspecified atom stereocenters. The highest BCUT2D eigenvalue weighted by Crippen LogP contribution is 2.26. The van der Waals surface area contributed by atoms with Gasteiger partial charge < -0.3 is 4.74 Å². The van der Waals surface area contributed by atoms with Crippen LogP contribution >= 0.6 is 0 Å². The number of hydrogen-bond acceptors (Lipinski definition) is 2. The number of rotatable bonds is 12. The van der Waals surface area contributed by atoms with Gasteiger partial charge in [-0.05, 0) is 24.2 Å². The first-order chi connectivity index (χ1) is 11.3. The van der Waals surface area contributed by atoms with E-state index in [2.05, 4.69) is 46.5 Å². The molecule has 2 nitrogen and oxygen atoms in total. The van der Waals surface area contributed by atoms with Crippen LogP contribution < -0.4 is 0 Å². The van der Waals surface area contributed by atoms with Gasteiger partial charge in [-0.3, -0.25) is 4.79 Å². The summed E-state index contributed by atoms with van der Waals surface area (Å²) in [6.45, 7) is 11.2. The quantitative estimate of drug-likeness (QED) is 0.230. The molecule has 0 bridgehead atoms. The molecule has 0 N–H and O–H groups in total. The third-order valence-electron chi connectivity index (χ3n) is 4.06. The van der Waals surface area contributed by atoms with E-state index in [-0.39, 0.29) is 18.0 Å². The smallest absolute Gasteiger partial charge is 0.307 e. The van der Waals surface area contributed by atoms with Crippen LogP contribution in [0.2, 0.25) is 0 Å². The maximum absolute atomic E-state index is 11.7. The first kappa shape index (κ1) is 23.0. The van der Waals surface area contributed by atoms with E-state index in [1.807, 2.05) is 0 Å². The molecule has 2 heteroatoms. The molecule has 0 heterocycles. The van der Waals surface area contributed by atoms with Gasteiger partial charge >= 0.3 is 5.97 Å². The zero-order valence-electron chi connectivity index (χ0n) is 16.9. The van der Waals surface area contributed by atoms with E-state index < -0.39 is 0 Å². The third-order valence-corrected chi connectivity index (χ3v) is 4.06. The van der Waals surface area contributed by atoms with Crippen LogP contribution in [0.25, 0.3) is 0 Å². The average Bonchev–Trinajstić information content (AvgIpc) is 2.46. The van der Waals surface area contributed by atoms with Crippen molar-refractivity contribution in [1.29, 1.82) is 0 Å². The van der Waals surface area contributed by atoms with Crippen molar-refractivity contribution in [2.24, 2.45) is 11.3 Å². The first-order valence-corrected chi connectivity index (χ1v) is 9.96. The van der Waals surface area contributed by atoms with Gasteiger partial charge in [0.15, 0.2) is 6.61 Å². The van der Waals surface area contributed by atoms with Crippen LogP contribution in [0.15, 0.2) is 0 Å². The van der Waals surface area contributed by atoms with E-state index >= 15 is 0 Å². The van der Waals surface area contributed by atoms with Gasteiger partial charge in [-0.2, -0.15) is 0 Å².